The van der Waals surface area contributed by atoms with E-state index in [2.05, 4.69) is 4.98 Å². The number of carbonyl (C=O) groups is 1. The second-order valence-electron chi connectivity index (χ2n) is 3.56. The maximum atomic E-state index is 13.6. The summed E-state index contributed by atoms with van der Waals surface area (Å²) in [7, 11) is 0. The molecule has 17 heavy (non-hydrogen) atoms. The van der Waals surface area contributed by atoms with Crippen molar-refractivity contribution in [1.29, 1.82) is 0 Å². The number of hydrogen-bond donors (Lipinski definition) is 1. The number of rotatable bonds is 3. The lowest BCUT2D eigenvalue weighted by atomic mass is 10.0. The molecule has 2 aromatic rings. The van der Waals surface area contributed by atoms with E-state index in [-0.39, 0.29) is 12.0 Å². The molecule has 0 aliphatic heterocycles. The van der Waals surface area contributed by atoms with Crippen LogP contribution in [0.1, 0.15) is 5.56 Å². The Bertz CT molecular complexity index is 540. The summed E-state index contributed by atoms with van der Waals surface area (Å²) in [6, 6.07) is 10.1. The number of hydrogen-bond acceptors (Lipinski definition) is 2. The third-order valence-electron chi connectivity index (χ3n) is 2.37. The van der Waals surface area contributed by atoms with E-state index in [1.54, 1.807) is 24.3 Å². The number of pyridine rings is 1. The zero-order valence-electron chi connectivity index (χ0n) is 8.93. The molecule has 0 saturated heterocycles. The van der Waals surface area contributed by atoms with Crippen LogP contribution in [0.25, 0.3) is 11.3 Å². The molecule has 2 rings (SSSR count). The summed E-state index contributed by atoms with van der Waals surface area (Å²) in [5.74, 6) is -1.62. The first-order chi connectivity index (χ1) is 8.18. The van der Waals surface area contributed by atoms with Gasteiger partial charge in [-0.1, -0.05) is 30.3 Å². The van der Waals surface area contributed by atoms with E-state index in [4.69, 9.17) is 5.11 Å². The fraction of sp³-hybridized carbons (Fsp3) is 0.0769. The fourth-order valence-corrected chi connectivity index (χ4v) is 1.63. The molecule has 3 nitrogen and oxygen atoms in total. The molecule has 4 heteroatoms. The zero-order valence-corrected chi connectivity index (χ0v) is 8.93. The van der Waals surface area contributed by atoms with Crippen LogP contribution in [0, 0.1) is 5.82 Å². The van der Waals surface area contributed by atoms with E-state index in [9.17, 15) is 9.18 Å². The van der Waals surface area contributed by atoms with E-state index in [1.165, 1.54) is 12.3 Å². The lowest BCUT2D eigenvalue weighted by Crippen LogP contribution is -2.05. The van der Waals surface area contributed by atoms with Crippen molar-refractivity contribution in [2.24, 2.45) is 0 Å². The van der Waals surface area contributed by atoms with Crippen molar-refractivity contribution in [3.05, 3.63) is 54.0 Å². The van der Waals surface area contributed by atoms with E-state index in [0.717, 1.165) is 0 Å². The SMILES string of the molecule is O=C(O)Cc1c(F)ccnc1-c1ccccc1. The second-order valence-corrected chi connectivity index (χ2v) is 3.56. The smallest absolute Gasteiger partial charge is 0.308 e. The van der Waals surface area contributed by atoms with Crippen LogP contribution in [0.15, 0.2) is 42.6 Å². The van der Waals surface area contributed by atoms with Crippen molar-refractivity contribution < 1.29 is 14.3 Å². The van der Waals surface area contributed by atoms with E-state index >= 15 is 0 Å². The molecule has 0 atom stereocenters. The quantitative estimate of drug-likeness (QED) is 0.883. The molecule has 0 amide bonds. The van der Waals surface area contributed by atoms with Gasteiger partial charge in [-0.15, -0.1) is 0 Å². The van der Waals surface area contributed by atoms with Gasteiger partial charge in [0.2, 0.25) is 0 Å². The van der Waals surface area contributed by atoms with E-state index < -0.39 is 11.8 Å². The molecule has 0 spiro atoms. The van der Waals surface area contributed by atoms with Crippen LogP contribution in [-0.4, -0.2) is 16.1 Å². The Hall–Kier alpha value is -2.23. The maximum absolute atomic E-state index is 13.6. The highest BCUT2D eigenvalue weighted by Crippen LogP contribution is 2.23. The first kappa shape index (κ1) is 11.3. The van der Waals surface area contributed by atoms with Crippen LogP contribution < -0.4 is 0 Å². The Labute approximate surface area is 97.6 Å². The van der Waals surface area contributed by atoms with Gasteiger partial charge in [-0.25, -0.2) is 4.39 Å². The predicted molar refractivity (Wildman–Crippen MR) is 61.0 cm³/mol. The minimum Gasteiger partial charge on any atom is -0.481 e. The number of aromatic nitrogens is 1. The lowest BCUT2D eigenvalue weighted by molar-refractivity contribution is -0.136. The van der Waals surface area contributed by atoms with Gasteiger partial charge in [0.1, 0.15) is 5.82 Å². The van der Waals surface area contributed by atoms with E-state index in [0.29, 0.717) is 11.3 Å². The molecule has 0 fully saturated rings. The Morgan fingerprint density at radius 2 is 1.94 bits per heavy atom. The van der Waals surface area contributed by atoms with Crippen molar-refractivity contribution >= 4 is 5.97 Å². The van der Waals surface area contributed by atoms with Crippen LogP contribution in [0.3, 0.4) is 0 Å². The first-order valence-corrected chi connectivity index (χ1v) is 5.09. The highest BCUT2D eigenvalue weighted by molar-refractivity contribution is 5.75. The standard InChI is InChI=1S/C13H10FNO2/c14-11-6-7-15-13(10(11)8-12(16)17)9-4-2-1-3-5-9/h1-7H,8H2,(H,16,17). The van der Waals surface area contributed by atoms with Gasteiger partial charge in [0, 0.05) is 17.3 Å². The summed E-state index contributed by atoms with van der Waals surface area (Å²) in [6.07, 6.45) is 0.965. The highest BCUT2D eigenvalue weighted by Gasteiger charge is 2.14. The molecule has 86 valence electrons. The molecule has 0 bridgehead atoms. The minimum atomic E-state index is -1.07. The molecule has 1 aromatic heterocycles. The van der Waals surface area contributed by atoms with Gasteiger partial charge in [-0.2, -0.15) is 0 Å². The number of carboxylic acids is 1. The summed E-state index contributed by atoms with van der Waals surface area (Å²) in [4.78, 5) is 14.8. The number of halogens is 1. The molecular formula is C13H10FNO2. The Morgan fingerprint density at radius 3 is 2.59 bits per heavy atom. The second kappa shape index (κ2) is 4.74. The van der Waals surface area contributed by atoms with Crippen molar-refractivity contribution in [2.45, 2.75) is 6.42 Å². The minimum absolute atomic E-state index is 0.117. The van der Waals surface area contributed by atoms with Gasteiger partial charge < -0.3 is 5.11 Å². The molecule has 1 heterocycles. The fourth-order valence-electron chi connectivity index (χ4n) is 1.63. The summed E-state index contributed by atoms with van der Waals surface area (Å²) < 4.78 is 13.6. The van der Waals surface area contributed by atoms with Crippen LogP contribution in [-0.2, 0) is 11.2 Å². The van der Waals surface area contributed by atoms with Gasteiger partial charge in [0.15, 0.2) is 0 Å². The lowest BCUT2D eigenvalue weighted by Gasteiger charge is -2.07. The molecule has 0 aliphatic rings. The summed E-state index contributed by atoms with van der Waals surface area (Å²) >= 11 is 0. The predicted octanol–water partition coefficient (Wildman–Crippen LogP) is 2.51. The Balaban J connectivity index is 2.54. The van der Waals surface area contributed by atoms with Crippen molar-refractivity contribution in [3.63, 3.8) is 0 Å². The van der Waals surface area contributed by atoms with Gasteiger partial charge in [0.25, 0.3) is 0 Å². The largest absolute Gasteiger partial charge is 0.481 e. The number of nitrogens with zero attached hydrogens (tertiary/aromatic N) is 1. The summed E-state index contributed by atoms with van der Waals surface area (Å²) in [5, 5.41) is 8.77. The topological polar surface area (TPSA) is 50.2 Å². The zero-order chi connectivity index (χ0) is 12.3. The van der Waals surface area contributed by atoms with Crippen molar-refractivity contribution in [1.82, 2.24) is 4.98 Å². The van der Waals surface area contributed by atoms with Crippen LogP contribution >= 0.6 is 0 Å². The normalized spacial score (nSPS) is 10.2. The Kier molecular flexibility index (Phi) is 3.14. The van der Waals surface area contributed by atoms with E-state index in [1.807, 2.05) is 6.07 Å². The van der Waals surface area contributed by atoms with Crippen LogP contribution in [0.4, 0.5) is 4.39 Å². The third kappa shape index (κ3) is 2.47. The van der Waals surface area contributed by atoms with Crippen LogP contribution in [0.5, 0.6) is 0 Å². The Morgan fingerprint density at radius 1 is 1.24 bits per heavy atom. The number of benzene rings is 1. The molecule has 0 unspecified atom stereocenters. The van der Waals surface area contributed by atoms with Gasteiger partial charge in [-0.05, 0) is 6.07 Å². The summed E-state index contributed by atoms with van der Waals surface area (Å²) in [6.45, 7) is 0. The van der Waals surface area contributed by atoms with Gasteiger partial charge in [0.05, 0.1) is 12.1 Å². The number of carboxylic acid groups (broad SMARTS) is 1. The van der Waals surface area contributed by atoms with Crippen LogP contribution in [0.2, 0.25) is 0 Å². The average Bonchev–Trinajstić information content (AvgIpc) is 2.32. The molecular weight excluding hydrogens is 221 g/mol. The van der Waals surface area contributed by atoms with Crippen molar-refractivity contribution in [2.75, 3.05) is 0 Å². The molecule has 1 aromatic carbocycles. The maximum Gasteiger partial charge on any atom is 0.308 e. The third-order valence-corrected chi connectivity index (χ3v) is 2.37. The average molecular weight is 231 g/mol. The molecule has 1 N–H and O–H groups in total. The highest BCUT2D eigenvalue weighted by atomic mass is 19.1. The molecule has 0 saturated carbocycles. The molecule has 0 radical (unpaired) electrons. The van der Waals surface area contributed by atoms with Gasteiger partial charge in [-0.3, -0.25) is 9.78 Å². The number of aliphatic carboxylic acids is 1. The van der Waals surface area contributed by atoms with Crippen molar-refractivity contribution in [3.8, 4) is 11.3 Å². The first-order valence-electron chi connectivity index (χ1n) is 5.09. The summed E-state index contributed by atoms with van der Waals surface area (Å²) in [5.41, 5.74) is 1.21. The van der Waals surface area contributed by atoms with Gasteiger partial charge >= 0.3 is 5.97 Å². The molecule has 0 aliphatic carbocycles. The monoisotopic (exact) mass is 231 g/mol.